The van der Waals surface area contributed by atoms with Crippen molar-refractivity contribution in [2.24, 2.45) is 0 Å². The summed E-state index contributed by atoms with van der Waals surface area (Å²) in [5.74, 6) is 0.593. The fourth-order valence-corrected chi connectivity index (χ4v) is 3.95. The number of fused-ring (bicyclic) bond motifs is 1. The summed E-state index contributed by atoms with van der Waals surface area (Å²) < 4.78 is 5.41. The fourth-order valence-electron chi connectivity index (χ4n) is 3.82. The summed E-state index contributed by atoms with van der Waals surface area (Å²) in [5.41, 5.74) is 3.41. The molecule has 0 bridgehead atoms. The minimum Gasteiger partial charge on any atom is -0.378 e. The van der Waals surface area contributed by atoms with Crippen molar-refractivity contribution in [3.63, 3.8) is 0 Å². The lowest BCUT2D eigenvalue weighted by molar-refractivity contribution is 0.103. The molecule has 0 radical (unpaired) electrons. The van der Waals surface area contributed by atoms with Crippen LogP contribution in [0.1, 0.15) is 15.9 Å². The van der Waals surface area contributed by atoms with Gasteiger partial charge in [-0.3, -0.25) is 9.78 Å². The van der Waals surface area contributed by atoms with Gasteiger partial charge in [-0.2, -0.15) is 0 Å². The molecule has 0 spiro atoms. The van der Waals surface area contributed by atoms with E-state index in [1.54, 1.807) is 72.9 Å². The number of carbonyl (C=O) groups excluding carboxylic acids is 2. The highest BCUT2D eigenvalue weighted by Crippen LogP contribution is 2.21. The van der Waals surface area contributed by atoms with Gasteiger partial charge in [-0.25, -0.2) is 9.78 Å². The average Bonchev–Trinajstić information content (AvgIpc) is 2.89. The number of urea groups is 1. The second-order valence-corrected chi connectivity index (χ2v) is 8.46. The summed E-state index contributed by atoms with van der Waals surface area (Å²) >= 11 is 5.88. The van der Waals surface area contributed by atoms with Gasteiger partial charge in [0.15, 0.2) is 5.78 Å². The Hall–Kier alpha value is -4.01. The Morgan fingerprint density at radius 3 is 2.40 bits per heavy atom. The van der Waals surface area contributed by atoms with E-state index in [9.17, 15) is 9.59 Å². The molecule has 1 saturated heterocycles. The zero-order valence-electron chi connectivity index (χ0n) is 18.7. The van der Waals surface area contributed by atoms with Crippen molar-refractivity contribution < 1.29 is 14.3 Å². The van der Waals surface area contributed by atoms with Crippen LogP contribution in [-0.4, -0.2) is 48.1 Å². The number of aromatic nitrogens is 2. The smallest absolute Gasteiger partial charge is 0.323 e. The molecule has 1 aliphatic rings. The van der Waals surface area contributed by atoms with E-state index >= 15 is 0 Å². The first kappa shape index (κ1) is 22.8. The van der Waals surface area contributed by atoms with E-state index < -0.39 is 6.03 Å². The van der Waals surface area contributed by atoms with Crippen molar-refractivity contribution in [2.75, 3.05) is 41.8 Å². The molecule has 2 heterocycles. The number of hydrogen-bond donors (Lipinski definition) is 2. The maximum atomic E-state index is 13.2. The summed E-state index contributed by atoms with van der Waals surface area (Å²) in [5, 5.41) is 6.06. The SMILES string of the molecule is O=C(Nc1ccc(Cl)cc1)Nc1cccc(C(=O)c2ccc3ncc(N4CCOCC4)nc3c2)c1. The van der Waals surface area contributed by atoms with Crippen molar-refractivity contribution in [3.8, 4) is 0 Å². The number of amides is 2. The summed E-state index contributed by atoms with van der Waals surface area (Å²) in [6.07, 6.45) is 1.75. The van der Waals surface area contributed by atoms with Gasteiger partial charge in [0.1, 0.15) is 5.82 Å². The summed E-state index contributed by atoms with van der Waals surface area (Å²) in [4.78, 5) is 36.9. The van der Waals surface area contributed by atoms with Crippen molar-refractivity contribution in [2.45, 2.75) is 0 Å². The van der Waals surface area contributed by atoms with E-state index in [1.165, 1.54) is 0 Å². The van der Waals surface area contributed by atoms with Crippen LogP contribution in [0.5, 0.6) is 0 Å². The van der Waals surface area contributed by atoms with Crippen LogP contribution in [0.25, 0.3) is 11.0 Å². The zero-order chi connectivity index (χ0) is 24.2. The Kier molecular flexibility index (Phi) is 6.56. The van der Waals surface area contributed by atoms with E-state index in [2.05, 4.69) is 20.5 Å². The van der Waals surface area contributed by atoms with Gasteiger partial charge in [0.2, 0.25) is 0 Å². The highest BCUT2D eigenvalue weighted by atomic mass is 35.5. The number of anilines is 3. The number of benzene rings is 3. The second kappa shape index (κ2) is 10.1. The molecule has 0 aliphatic carbocycles. The normalized spacial score (nSPS) is 13.5. The molecule has 0 unspecified atom stereocenters. The first-order valence-corrected chi connectivity index (χ1v) is 11.5. The molecule has 8 nitrogen and oxygen atoms in total. The van der Waals surface area contributed by atoms with Gasteiger partial charge in [0, 0.05) is 40.6 Å². The molecule has 4 aromatic rings. The number of morpholine rings is 1. The Morgan fingerprint density at radius 2 is 1.60 bits per heavy atom. The number of halogens is 1. The van der Waals surface area contributed by atoms with Gasteiger partial charge in [-0.15, -0.1) is 0 Å². The third-order valence-corrected chi connectivity index (χ3v) is 5.86. The Labute approximate surface area is 206 Å². The third-order valence-electron chi connectivity index (χ3n) is 5.61. The molecule has 1 aromatic heterocycles. The van der Waals surface area contributed by atoms with E-state index in [1.807, 2.05) is 0 Å². The topological polar surface area (TPSA) is 96.5 Å². The van der Waals surface area contributed by atoms with E-state index in [-0.39, 0.29) is 5.78 Å². The third kappa shape index (κ3) is 5.40. The molecule has 0 saturated carbocycles. The Balaban J connectivity index is 1.32. The highest BCUT2D eigenvalue weighted by Gasteiger charge is 2.15. The van der Waals surface area contributed by atoms with E-state index in [4.69, 9.17) is 21.3 Å². The number of ketones is 1. The monoisotopic (exact) mass is 487 g/mol. The average molecular weight is 488 g/mol. The molecule has 1 fully saturated rings. The quantitative estimate of drug-likeness (QED) is 0.385. The first-order valence-electron chi connectivity index (χ1n) is 11.1. The predicted octanol–water partition coefficient (Wildman–Crippen LogP) is 4.99. The van der Waals surface area contributed by atoms with Gasteiger partial charge in [-0.05, 0) is 54.6 Å². The maximum Gasteiger partial charge on any atom is 0.323 e. The molecule has 35 heavy (non-hydrogen) atoms. The van der Waals surface area contributed by atoms with Crippen LogP contribution in [0.4, 0.5) is 22.0 Å². The molecule has 0 atom stereocenters. The van der Waals surface area contributed by atoms with Crippen molar-refractivity contribution in [1.29, 1.82) is 0 Å². The van der Waals surface area contributed by atoms with Gasteiger partial charge in [-0.1, -0.05) is 23.7 Å². The standard InChI is InChI=1S/C26H22ClN5O3/c27-19-5-7-20(8-6-19)29-26(34)30-21-3-1-2-17(14-21)25(33)18-4-9-22-23(15-18)31-24(16-28-22)32-10-12-35-13-11-32/h1-9,14-16H,10-13H2,(H2,29,30,34). The Morgan fingerprint density at radius 1 is 0.857 bits per heavy atom. The van der Waals surface area contributed by atoms with Gasteiger partial charge >= 0.3 is 6.03 Å². The summed E-state index contributed by atoms with van der Waals surface area (Å²) in [6, 6.07) is 18.4. The minimum absolute atomic E-state index is 0.174. The molecule has 1 aliphatic heterocycles. The van der Waals surface area contributed by atoms with Crippen LogP contribution >= 0.6 is 11.6 Å². The highest BCUT2D eigenvalue weighted by molar-refractivity contribution is 6.30. The predicted molar refractivity (Wildman–Crippen MR) is 137 cm³/mol. The number of carbonyl (C=O) groups is 2. The van der Waals surface area contributed by atoms with Gasteiger partial charge in [0.05, 0.1) is 30.4 Å². The van der Waals surface area contributed by atoms with Crippen LogP contribution < -0.4 is 15.5 Å². The molecular formula is C26H22ClN5O3. The molecule has 2 amide bonds. The van der Waals surface area contributed by atoms with Crippen LogP contribution in [-0.2, 0) is 4.74 Å². The summed E-state index contributed by atoms with van der Waals surface area (Å²) in [6.45, 7) is 2.81. The Bertz CT molecular complexity index is 1390. The molecule has 176 valence electrons. The number of nitrogens with one attached hydrogen (secondary N) is 2. The molecule has 9 heteroatoms. The number of nitrogens with zero attached hydrogens (tertiary/aromatic N) is 3. The van der Waals surface area contributed by atoms with E-state index in [0.717, 1.165) is 18.9 Å². The largest absolute Gasteiger partial charge is 0.378 e. The number of rotatable bonds is 5. The van der Waals surface area contributed by atoms with Crippen molar-refractivity contribution in [3.05, 3.63) is 89.1 Å². The zero-order valence-corrected chi connectivity index (χ0v) is 19.5. The lowest BCUT2D eigenvalue weighted by atomic mass is 10.0. The van der Waals surface area contributed by atoms with Crippen LogP contribution in [0.3, 0.4) is 0 Å². The lowest BCUT2D eigenvalue weighted by Crippen LogP contribution is -2.36. The van der Waals surface area contributed by atoms with E-state index in [0.29, 0.717) is 51.8 Å². The fraction of sp³-hybridized carbons (Fsp3) is 0.154. The van der Waals surface area contributed by atoms with Crippen molar-refractivity contribution in [1.82, 2.24) is 9.97 Å². The van der Waals surface area contributed by atoms with Crippen molar-refractivity contribution >= 4 is 51.6 Å². The van der Waals surface area contributed by atoms with Gasteiger partial charge < -0.3 is 20.3 Å². The summed E-state index contributed by atoms with van der Waals surface area (Å²) in [7, 11) is 0. The second-order valence-electron chi connectivity index (χ2n) is 8.03. The lowest BCUT2D eigenvalue weighted by Gasteiger charge is -2.27. The number of hydrogen-bond acceptors (Lipinski definition) is 6. The minimum atomic E-state index is -0.423. The van der Waals surface area contributed by atoms with Crippen LogP contribution in [0.15, 0.2) is 72.9 Å². The van der Waals surface area contributed by atoms with Gasteiger partial charge in [0.25, 0.3) is 0 Å². The molecular weight excluding hydrogens is 466 g/mol. The van der Waals surface area contributed by atoms with Crippen LogP contribution in [0, 0.1) is 0 Å². The maximum absolute atomic E-state index is 13.2. The molecule has 3 aromatic carbocycles. The first-order chi connectivity index (χ1) is 17.0. The van der Waals surface area contributed by atoms with Crippen LogP contribution in [0.2, 0.25) is 5.02 Å². The molecule has 2 N–H and O–H groups in total. The number of ether oxygens (including phenoxy) is 1. The molecule has 5 rings (SSSR count).